The lowest BCUT2D eigenvalue weighted by Gasteiger charge is -2.23. The Morgan fingerprint density at radius 2 is 2.12 bits per heavy atom. The van der Waals surface area contributed by atoms with Crippen LogP contribution in [0.4, 0.5) is 0 Å². The minimum atomic E-state index is -0.0487. The van der Waals surface area contributed by atoms with Gasteiger partial charge in [-0.2, -0.15) is 0 Å². The summed E-state index contributed by atoms with van der Waals surface area (Å²) in [7, 11) is 0. The topological polar surface area (TPSA) is 69.0 Å². The molecule has 4 rings (SSSR count). The Hall–Kier alpha value is -1.73. The number of rotatable bonds is 5. The summed E-state index contributed by atoms with van der Waals surface area (Å²) >= 11 is 1.53. The smallest absolute Gasteiger partial charge is 0.261 e. The van der Waals surface area contributed by atoms with Gasteiger partial charge >= 0.3 is 0 Å². The molecule has 2 aliphatic rings. The van der Waals surface area contributed by atoms with Gasteiger partial charge in [0, 0.05) is 17.5 Å². The maximum absolute atomic E-state index is 12.5. The van der Waals surface area contributed by atoms with Crippen LogP contribution < -0.4 is 5.32 Å². The van der Waals surface area contributed by atoms with E-state index in [1.165, 1.54) is 43.4 Å². The lowest BCUT2D eigenvalue weighted by atomic mass is 9.95. The van der Waals surface area contributed by atoms with Crippen LogP contribution in [-0.4, -0.2) is 27.3 Å². The van der Waals surface area contributed by atoms with Gasteiger partial charge in [0.05, 0.1) is 17.5 Å². The molecular weight excluding hydrogens is 336 g/mol. The van der Waals surface area contributed by atoms with E-state index >= 15 is 0 Å². The van der Waals surface area contributed by atoms with E-state index in [1.807, 2.05) is 12.1 Å². The van der Waals surface area contributed by atoms with E-state index in [4.69, 9.17) is 4.74 Å². The molecule has 134 valence electrons. The minimum Gasteiger partial charge on any atom is -0.373 e. The predicted molar refractivity (Wildman–Crippen MR) is 95.6 cm³/mol. The van der Waals surface area contributed by atoms with Gasteiger partial charge in [0.25, 0.3) is 5.91 Å². The second-order valence-electron chi connectivity index (χ2n) is 6.83. The van der Waals surface area contributed by atoms with Crippen molar-refractivity contribution in [2.24, 2.45) is 0 Å². The average Bonchev–Trinajstić information content (AvgIpc) is 3.41. The van der Waals surface area contributed by atoms with Crippen LogP contribution in [0.1, 0.15) is 77.5 Å². The van der Waals surface area contributed by atoms with Gasteiger partial charge in [-0.3, -0.25) is 4.79 Å². The summed E-state index contributed by atoms with van der Waals surface area (Å²) in [6.07, 6.45) is 10.3. The Balaban J connectivity index is 1.37. The zero-order chi connectivity index (χ0) is 17.1. The Morgan fingerprint density at radius 3 is 2.92 bits per heavy atom. The van der Waals surface area contributed by atoms with Crippen molar-refractivity contribution >= 4 is 17.2 Å². The number of nitrogens with one attached hydrogen (secondary N) is 1. The molecule has 2 aromatic rings. The van der Waals surface area contributed by atoms with Gasteiger partial charge in [-0.1, -0.05) is 19.3 Å². The van der Waals surface area contributed by atoms with E-state index in [9.17, 15) is 4.79 Å². The van der Waals surface area contributed by atoms with Crippen LogP contribution in [-0.2, 0) is 11.3 Å². The molecule has 1 saturated carbocycles. The highest BCUT2D eigenvalue weighted by atomic mass is 32.1. The van der Waals surface area contributed by atoms with E-state index < -0.39 is 0 Å². The molecular formula is C18H24N4O2S. The van der Waals surface area contributed by atoms with Crippen LogP contribution in [0.25, 0.3) is 0 Å². The SMILES string of the molecule is O=C(NCc1nncn1C1CCCCC1)c1ccc([C@@H]2CCCO2)s1. The Labute approximate surface area is 151 Å². The third-order valence-electron chi connectivity index (χ3n) is 5.12. The van der Waals surface area contributed by atoms with E-state index in [0.29, 0.717) is 12.6 Å². The molecule has 1 atom stereocenters. The van der Waals surface area contributed by atoms with Crippen molar-refractivity contribution in [3.05, 3.63) is 34.0 Å². The van der Waals surface area contributed by atoms with E-state index in [-0.39, 0.29) is 12.0 Å². The molecule has 0 radical (unpaired) electrons. The lowest BCUT2D eigenvalue weighted by molar-refractivity contribution is 0.0953. The van der Waals surface area contributed by atoms with Crippen molar-refractivity contribution in [1.29, 1.82) is 0 Å². The highest BCUT2D eigenvalue weighted by Crippen LogP contribution is 2.33. The number of hydrogen-bond donors (Lipinski definition) is 1. The highest BCUT2D eigenvalue weighted by Gasteiger charge is 2.22. The summed E-state index contributed by atoms with van der Waals surface area (Å²) in [5.74, 6) is 0.795. The number of amides is 1. The Morgan fingerprint density at radius 1 is 1.24 bits per heavy atom. The van der Waals surface area contributed by atoms with Gasteiger partial charge in [-0.05, 0) is 37.8 Å². The molecule has 1 aliphatic heterocycles. The summed E-state index contributed by atoms with van der Waals surface area (Å²) in [6, 6.07) is 4.38. The van der Waals surface area contributed by atoms with E-state index in [1.54, 1.807) is 6.33 Å². The standard InChI is InChI=1S/C18H24N4O2S/c23-18(16-9-8-15(25-16)14-7-4-10-24-14)19-11-17-21-20-12-22(17)13-5-2-1-3-6-13/h8-9,12-14H,1-7,10-11H2,(H,19,23)/t14-/m0/s1. The van der Waals surface area contributed by atoms with Crippen LogP contribution in [0.2, 0.25) is 0 Å². The number of aromatic nitrogens is 3. The summed E-state index contributed by atoms with van der Waals surface area (Å²) in [6.45, 7) is 1.24. The van der Waals surface area contributed by atoms with Crippen molar-refractivity contribution in [3.8, 4) is 0 Å². The average molecular weight is 360 g/mol. The van der Waals surface area contributed by atoms with Crippen molar-refractivity contribution in [3.63, 3.8) is 0 Å². The van der Waals surface area contributed by atoms with Gasteiger partial charge in [-0.15, -0.1) is 21.5 Å². The van der Waals surface area contributed by atoms with Crippen molar-refractivity contribution < 1.29 is 9.53 Å². The maximum Gasteiger partial charge on any atom is 0.261 e. The molecule has 3 heterocycles. The third kappa shape index (κ3) is 3.77. The highest BCUT2D eigenvalue weighted by molar-refractivity contribution is 7.14. The normalized spacial score (nSPS) is 21.5. The predicted octanol–water partition coefficient (Wildman–Crippen LogP) is 3.63. The molecule has 25 heavy (non-hydrogen) atoms. The molecule has 1 amide bonds. The first kappa shape index (κ1) is 16.7. The van der Waals surface area contributed by atoms with Crippen molar-refractivity contribution in [2.75, 3.05) is 6.61 Å². The first-order valence-electron chi connectivity index (χ1n) is 9.19. The van der Waals surface area contributed by atoms with Crippen LogP contribution in [0.3, 0.4) is 0 Å². The van der Waals surface area contributed by atoms with Crippen molar-refractivity contribution in [1.82, 2.24) is 20.1 Å². The second kappa shape index (κ2) is 7.66. The molecule has 1 aliphatic carbocycles. The molecule has 2 fully saturated rings. The van der Waals surface area contributed by atoms with Crippen molar-refractivity contribution in [2.45, 2.75) is 63.6 Å². The summed E-state index contributed by atoms with van der Waals surface area (Å²) < 4.78 is 7.84. The zero-order valence-corrected chi connectivity index (χ0v) is 15.1. The maximum atomic E-state index is 12.5. The molecule has 0 spiro atoms. The summed E-state index contributed by atoms with van der Waals surface area (Å²) in [5.41, 5.74) is 0. The van der Waals surface area contributed by atoms with E-state index in [2.05, 4.69) is 20.1 Å². The summed E-state index contributed by atoms with van der Waals surface area (Å²) in [5, 5.41) is 11.3. The molecule has 0 unspecified atom stereocenters. The molecule has 6 nitrogen and oxygen atoms in total. The van der Waals surface area contributed by atoms with Gasteiger partial charge in [-0.25, -0.2) is 0 Å². The third-order valence-corrected chi connectivity index (χ3v) is 6.30. The second-order valence-corrected chi connectivity index (χ2v) is 7.95. The van der Waals surface area contributed by atoms with Gasteiger partial charge < -0.3 is 14.6 Å². The fourth-order valence-electron chi connectivity index (χ4n) is 3.75. The summed E-state index contributed by atoms with van der Waals surface area (Å²) in [4.78, 5) is 14.3. The fourth-order valence-corrected chi connectivity index (χ4v) is 4.76. The molecule has 1 saturated heterocycles. The Bertz CT molecular complexity index is 714. The molecule has 0 bridgehead atoms. The van der Waals surface area contributed by atoms with Crippen LogP contribution in [0.15, 0.2) is 18.5 Å². The lowest BCUT2D eigenvalue weighted by Crippen LogP contribution is -2.25. The van der Waals surface area contributed by atoms with Gasteiger partial charge in [0.1, 0.15) is 6.33 Å². The molecule has 7 heteroatoms. The fraction of sp³-hybridized carbons (Fsp3) is 0.611. The van der Waals surface area contributed by atoms with E-state index in [0.717, 1.165) is 35.0 Å². The van der Waals surface area contributed by atoms with Crippen LogP contribution >= 0.6 is 11.3 Å². The molecule has 0 aromatic carbocycles. The van der Waals surface area contributed by atoms with Crippen LogP contribution in [0, 0.1) is 0 Å². The van der Waals surface area contributed by atoms with Crippen LogP contribution in [0.5, 0.6) is 0 Å². The first-order valence-corrected chi connectivity index (χ1v) is 10.0. The van der Waals surface area contributed by atoms with Gasteiger partial charge in [0.15, 0.2) is 5.82 Å². The largest absolute Gasteiger partial charge is 0.373 e. The van der Waals surface area contributed by atoms with Gasteiger partial charge in [0.2, 0.25) is 0 Å². The zero-order valence-electron chi connectivity index (χ0n) is 14.3. The Kier molecular flexibility index (Phi) is 5.12. The quantitative estimate of drug-likeness (QED) is 0.884. The molecule has 1 N–H and O–H groups in total. The number of carbonyl (C=O) groups excluding carboxylic acids is 1. The monoisotopic (exact) mass is 360 g/mol. The number of ether oxygens (including phenoxy) is 1. The minimum absolute atomic E-state index is 0.0487. The number of thiophene rings is 1. The number of carbonyl (C=O) groups is 1. The number of nitrogens with zero attached hydrogens (tertiary/aromatic N) is 3. The molecule has 2 aromatic heterocycles. The number of hydrogen-bond acceptors (Lipinski definition) is 5. The first-order chi connectivity index (χ1) is 12.3.